The van der Waals surface area contributed by atoms with Crippen LogP contribution in [0.3, 0.4) is 0 Å². The quantitative estimate of drug-likeness (QED) is 0.593. The highest BCUT2D eigenvalue weighted by Gasteiger charge is 2.20. The van der Waals surface area contributed by atoms with Crippen LogP contribution in [0.25, 0.3) is 0 Å². The van der Waals surface area contributed by atoms with Crippen LogP contribution in [0.15, 0.2) is 46.7 Å². The van der Waals surface area contributed by atoms with E-state index in [2.05, 4.69) is 5.32 Å². The lowest BCUT2D eigenvalue weighted by Gasteiger charge is -2.16. The highest BCUT2D eigenvalue weighted by molar-refractivity contribution is 8.00. The molecule has 1 aromatic heterocycles. The van der Waals surface area contributed by atoms with E-state index in [1.54, 1.807) is 6.07 Å². The Bertz CT molecular complexity index is 661. The molecule has 0 aliphatic rings. The van der Waals surface area contributed by atoms with Gasteiger partial charge in [-0.3, -0.25) is 9.59 Å². The van der Waals surface area contributed by atoms with Crippen LogP contribution < -0.4 is 5.32 Å². The molecule has 0 saturated heterocycles. The Kier molecular flexibility index (Phi) is 6.95. The van der Waals surface area contributed by atoms with E-state index in [1.165, 1.54) is 30.2 Å². The first kappa shape index (κ1) is 17.8. The minimum Gasteiger partial charge on any atom is -0.469 e. The second-order valence-corrected chi connectivity index (χ2v) is 7.04. The van der Waals surface area contributed by atoms with E-state index < -0.39 is 0 Å². The Balaban J connectivity index is 1.95. The molecule has 4 nitrogen and oxygen atoms in total. The van der Waals surface area contributed by atoms with E-state index >= 15 is 0 Å². The minimum atomic E-state index is -0.373. The van der Waals surface area contributed by atoms with Crippen LogP contribution in [0.1, 0.15) is 17.3 Å². The van der Waals surface area contributed by atoms with E-state index in [1.807, 2.05) is 35.7 Å². The van der Waals surface area contributed by atoms with Crippen molar-refractivity contribution in [2.75, 3.05) is 12.9 Å². The standard InChI is InChI=1S/C16H16ClNO3S2/c1-21-16(20)9-12(14-7-4-8-22-14)18-15(19)10-23-13-6-3-2-5-11(13)17/h2-8,12H,9-10H2,1H3,(H,18,19). The zero-order chi connectivity index (χ0) is 16.7. The number of thiophene rings is 1. The number of rotatable bonds is 7. The van der Waals surface area contributed by atoms with Gasteiger partial charge in [0.2, 0.25) is 5.91 Å². The Morgan fingerprint density at radius 2 is 2.09 bits per heavy atom. The molecule has 1 atom stereocenters. The van der Waals surface area contributed by atoms with Gasteiger partial charge in [0.05, 0.1) is 30.3 Å². The zero-order valence-corrected chi connectivity index (χ0v) is 14.8. The fourth-order valence-corrected chi connectivity index (χ4v) is 3.73. The van der Waals surface area contributed by atoms with Gasteiger partial charge >= 0.3 is 5.97 Å². The minimum absolute atomic E-state index is 0.111. The predicted octanol–water partition coefficient (Wildman–Crippen LogP) is 3.91. The third-order valence-corrected chi connectivity index (χ3v) is 5.52. The van der Waals surface area contributed by atoms with Gasteiger partial charge in [-0.15, -0.1) is 23.1 Å². The Morgan fingerprint density at radius 3 is 2.74 bits per heavy atom. The SMILES string of the molecule is COC(=O)CC(NC(=O)CSc1ccccc1Cl)c1cccs1. The van der Waals surface area contributed by atoms with Gasteiger partial charge in [0.1, 0.15) is 0 Å². The Labute approximate surface area is 148 Å². The zero-order valence-electron chi connectivity index (χ0n) is 12.5. The maximum Gasteiger partial charge on any atom is 0.307 e. The van der Waals surface area contributed by atoms with E-state index in [0.29, 0.717) is 5.02 Å². The molecule has 1 N–H and O–H groups in total. The van der Waals surface area contributed by atoms with Crippen molar-refractivity contribution < 1.29 is 14.3 Å². The number of amides is 1. The molecule has 7 heteroatoms. The molecule has 1 aromatic carbocycles. The molecule has 0 aliphatic carbocycles. The number of hydrogen-bond acceptors (Lipinski definition) is 5. The van der Waals surface area contributed by atoms with Crippen molar-refractivity contribution in [3.05, 3.63) is 51.7 Å². The van der Waals surface area contributed by atoms with E-state index in [9.17, 15) is 9.59 Å². The van der Waals surface area contributed by atoms with Gasteiger partial charge in [0, 0.05) is 9.77 Å². The predicted molar refractivity (Wildman–Crippen MR) is 94.0 cm³/mol. The van der Waals surface area contributed by atoms with Crippen molar-refractivity contribution in [3.8, 4) is 0 Å². The highest BCUT2D eigenvalue weighted by atomic mass is 35.5. The molecule has 0 spiro atoms. The first-order valence-corrected chi connectivity index (χ1v) is 9.11. The topological polar surface area (TPSA) is 55.4 Å². The number of esters is 1. The van der Waals surface area contributed by atoms with Crippen LogP contribution in [0.5, 0.6) is 0 Å². The van der Waals surface area contributed by atoms with Crippen LogP contribution in [0.4, 0.5) is 0 Å². The molecule has 0 fully saturated rings. The summed E-state index contributed by atoms with van der Waals surface area (Å²) < 4.78 is 4.70. The lowest BCUT2D eigenvalue weighted by molar-refractivity contribution is -0.141. The average Bonchev–Trinajstić information content (AvgIpc) is 3.07. The highest BCUT2D eigenvalue weighted by Crippen LogP contribution is 2.27. The third kappa shape index (κ3) is 5.57. The van der Waals surface area contributed by atoms with Crippen molar-refractivity contribution in [2.24, 2.45) is 0 Å². The maximum atomic E-state index is 12.2. The molecule has 1 amide bonds. The number of carbonyl (C=O) groups is 2. The number of halogens is 1. The van der Waals surface area contributed by atoms with Gasteiger partial charge in [0.25, 0.3) is 0 Å². The second kappa shape index (κ2) is 8.96. The summed E-state index contributed by atoms with van der Waals surface area (Å²) in [7, 11) is 1.34. The summed E-state index contributed by atoms with van der Waals surface area (Å²) in [5, 5.41) is 5.41. The summed E-state index contributed by atoms with van der Waals surface area (Å²) in [5.74, 6) is -0.285. The van der Waals surface area contributed by atoms with E-state index in [-0.39, 0.29) is 30.1 Å². The number of hydrogen-bond donors (Lipinski definition) is 1. The first-order chi connectivity index (χ1) is 11.1. The molecule has 0 saturated carbocycles. The molecule has 0 aliphatic heterocycles. The van der Waals surface area contributed by atoms with Crippen LogP contribution in [-0.2, 0) is 14.3 Å². The fourth-order valence-electron chi connectivity index (χ4n) is 1.90. The largest absolute Gasteiger partial charge is 0.469 e. The van der Waals surface area contributed by atoms with Crippen molar-refractivity contribution >= 4 is 46.6 Å². The number of nitrogens with one attached hydrogen (secondary N) is 1. The fraction of sp³-hybridized carbons (Fsp3) is 0.250. The number of carbonyl (C=O) groups excluding carboxylic acids is 2. The molecule has 2 aromatic rings. The number of thioether (sulfide) groups is 1. The van der Waals surface area contributed by atoms with Crippen molar-refractivity contribution in [1.29, 1.82) is 0 Å². The van der Waals surface area contributed by atoms with Crippen LogP contribution >= 0.6 is 34.7 Å². The number of methoxy groups -OCH3 is 1. The maximum absolute atomic E-state index is 12.2. The first-order valence-electron chi connectivity index (χ1n) is 6.87. The van der Waals surface area contributed by atoms with Crippen molar-refractivity contribution in [3.63, 3.8) is 0 Å². The van der Waals surface area contributed by atoms with Gasteiger partial charge < -0.3 is 10.1 Å². The summed E-state index contributed by atoms with van der Waals surface area (Å²) in [6.07, 6.45) is 0.111. The molecule has 0 radical (unpaired) electrons. The Hall–Kier alpha value is -1.50. The van der Waals surface area contributed by atoms with Crippen molar-refractivity contribution in [1.82, 2.24) is 5.32 Å². The van der Waals surface area contributed by atoms with Crippen LogP contribution in [0, 0.1) is 0 Å². The lowest BCUT2D eigenvalue weighted by Crippen LogP contribution is -2.31. The Morgan fingerprint density at radius 1 is 1.30 bits per heavy atom. The van der Waals surface area contributed by atoms with Gasteiger partial charge in [-0.2, -0.15) is 0 Å². The molecular formula is C16H16ClNO3S2. The molecule has 2 rings (SSSR count). The molecule has 23 heavy (non-hydrogen) atoms. The summed E-state index contributed by atoms with van der Waals surface area (Å²) in [6, 6.07) is 10.8. The smallest absolute Gasteiger partial charge is 0.307 e. The summed E-state index contributed by atoms with van der Waals surface area (Å²) >= 11 is 8.92. The van der Waals surface area contributed by atoms with Gasteiger partial charge in [-0.05, 0) is 23.6 Å². The van der Waals surface area contributed by atoms with Crippen LogP contribution in [0.2, 0.25) is 5.02 Å². The normalized spacial score (nSPS) is 11.7. The summed E-state index contributed by atoms with van der Waals surface area (Å²) in [6.45, 7) is 0. The summed E-state index contributed by atoms with van der Waals surface area (Å²) in [4.78, 5) is 25.5. The molecule has 122 valence electrons. The lowest BCUT2D eigenvalue weighted by atomic mass is 10.1. The van der Waals surface area contributed by atoms with Crippen molar-refractivity contribution in [2.45, 2.75) is 17.4 Å². The second-order valence-electron chi connectivity index (χ2n) is 4.63. The number of benzene rings is 1. The van der Waals surface area contributed by atoms with E-state index in [4.69, 9.17) is 16.3 Å². The molecule has 0 bridgehead atoms. The van der Waals surface area contributed by atoms with E-state index in [0.717, 1.165) is 9.77 Å². The molecule has 1 heterocycles. The average molecular weight is 370 g/mol. The van der Waals surface area contributed by atoms with Gasteiger partial charge in [-0.1, -0.05) is 29.8 Å². The molecule has 1 unspecified atom stereocenters. The monoisotopic (exact) mass is 369 g/mol. The number of ether oxygens (including phenoxy) is 1. The van der Waals surface area contributed by atoms with Gasteiger partial charge in [-0.25, -0.2) is 0 Å². The summed E-state index contributed by atoms with van der Waals surface area (Å²) in [5.41, 5.74) is 0. The van der Waals surface area contributed by atoms with Gasteiger partial charge in [0.15, 0.2) is 0 Å². The molecular weight excluding hydrogens is 354 g/mol. The van der Waals surface area contributed by atoms with Crippen LogP contribution in [-0.4, -0.2) is 24.7 Å². The third-order valence-electron chi connectivity index (χ3n) is 3.02.